The molecule has 19 heavy (non-hydrogen) atoms. The molecule has 3 rings (SSSR count). The highest BCUT2D eigenvalue weighted by Crippen LogP contribution is 2.18. The molecule has 0 aromatic carbocycles. The van der Waals surface area contributed by atoms with E-state index in [9.17, 15) is 0 Å². The Bertz CT molecular complexity index is 654. The van der Waals surface area contributed by atoms with E-state index in [0.29, 0.717) is 18.1 Å². The molecule has 0 aliphatic rings. The Labute approximate surface area is 108 Å². The van der Waals surface area contributed by atoms with Crippen molar-refractivity contribution in [2.75, 3.05) is 0 Å². The number of H-pyrrole nitrogens is 1. The highest BCUT2D eigenvalue weighted by Gasteiger charge is 2.17. The second-order valence-electron chi connectivity index (χ2n) is 4.25. The van der Waals surface area contributed by atoms with Gasteiger partial charge in [-0.2, -0.15) is 10.1 Å². The molecule has 8 heteroatoms. The number of imidazole rings is 1. The molecule has 0 saturated heterocycles. The molecular formula is C11H13N7O. The lowest BCUT2D eigenvalue weighted by molar-refractivity contribution is 0.354. The molecule has 3 N–H and O–H groups in total. The Morgan fingerprint density at radius 3 is 3.05 bits per heavy atom. The van der Waals surface area contributed by atoms with Crippen LogP contribution in [0.3, 0.4) is 0 Å². The number of aromatic amines is 1. The summed E-state index contributed by atoms with van der Waals surface area (Å²) in [6.45, 7) is 0. The van der Waals surface area contributed by atoms with Gasteiger partial charge in [0.05, 0.1) is 24.1 Å². The molecule has 0 amide bonds. The van der Waals surface area contributed by atoms with Crippen molar-refractivity contribution in [2.24, 2.45) is 12.8 Å². The Kier molecular flexibility index (Phi) is 2.84. The van der Waals surface area contributed by atoms with Crippen molar-refractivity contribution >= 4 is 0 Å². The summed E-state index contributed by atoms with van der Waals surface area (Å²) in [5, 5.41) is 7.96. The van der Waals surface area contributed by atoms with Crippen LogP contribution in [0.15, 0.2) is 29.4 Å². The second kappa shape index (κ2) is 4.65. The van der Waals surface area contributed by atoms with Crippen LogP contribution in [-0.2, 0) is 13.5 Å². The lowest BCUT2D eigenvalue weighted by Crippen LogP contribution is -2.13. The number of aryl methyl sites for hydroxylation is 1. The van der Waals surface area contributed by atoms with E-state index in [1.54, 1.807) is 23.4 Å². The molecule has 8 nitrogen and oxygen atoms in total. The summed E-state index contributed by atoms with van der Waals surface area (Å²) in [5.41, 5.74) is 7.74. The number of rotatable bonds is 4. The summed E-state index contributed by atoms with van der Waals surface area (Å²) in [7, 11) is 1.83. The largest absolute Gasteiger partial charge is 0.348 e. The van der Waals surface area contributed by atoms with Crippen LogP contribution in [0.5, 0.6) is 0 Å². The fraction of sp³-hybridized carbons (Fsp3) is 0.273. The van der Waals surface area contributed by atoms with E-state index in [1.807, 2.05) is 13.2 Å². The summed E-state index contributed by atoms with van der Waals surface area (Å²) in [6, 6.07) is -0.363. The molecule has 1 atom stereocenters. The van der Waals surface area contributed by atoms with Gasteiger partial charge in [0.15, 0.2) is 0 Å². The molecule has 0 unspecified atom stereocenters. The van der Waals surface area contributed by atoms with Gasteiger partial charge >= 0.3 is 0 Å². The van der Waals surface area contributed by atoms with E-state index in [4.69, 9.17) is 10.3 Å². The van der Waals surface area contributed by atoms with Crippen LogP contribution in [0.4, 0.5) is 0 Å². The molecule has 0 aliphatic carbocycles. The molecule has 0 bridgehead atoms. The van der Waals surface area contributed by atoms with E-state index in [1.165, 1.54) is 0 Å². The zero-order valence-electron chi connectivity index (χ0n) is 10.3. The average Bonchev–Trinajstić information content (AvgIpc) is 3.07. The van der Waals surface area contributed by atoms with Gasteiger partial charge < -0.3 is 15.2 Å². The van der Waals surface area contributed by atoms with Crippen LogP contribution < -0.4 is 5.73 Å². The van der Waals surface area contributed by atoms with Crippen LogP contribution >= 0.6 is 0 Å². The number of aromatic nitrogens is 6. The molecular weight excluding hydrogens is 246 g/mol. The van der Waals surface area contributed by atoms with Crippen molar-refractivity contribution in [1.29, 1.82) is 0 Å². The van der Waals surface area contributed by atoms with Gasteiger partial charge in [-0.3, -0.25) is 4.68 Å². The zero-order chi connectivity index (χ0) is 13.2. The third-order valence-corrected chi connectivity index (χ3v) is 2.72. The first-order chi connectivity index (χ1) is 9.22. The first kappa shape index (κ1) is 11.6. The fourth-order valence-electron chi connectivity index (χ4n) is 1.76. The van der Waals surface area contributed by atoms with E-state index in [0.717, 1.165) is 11.3 Å². The molecule has 0 spiro atoms. The lowest BCUT2D eigenvalue weighted by Gasteiger charge is -2.03. The topological polar surface area (TPSA) is 111 Å². The van der Waals surface area contributed by atoms with Crippen molar-refractivity contribution < 1.29 is 4.52 Å². The zero-order valence-corrected chi connectivity index (χ0v) is 10.3. The summed E-state index contributed by atoms with van der Waals surface area (Å²) < 4.78 is 6.86. The number of hydrogen-bond acceptors (Lipinski definition) is 6. The summed E-state index contributed by atoms with van der Waals surface area (Å²) in [6.07, 6.45) is 7.38. The predicted molar refractivity (Wildman–Crippen MR) is 65.7 cm³/mol. The minimum Gasteiger partial charge on any atom is -0.348 e. The van der Waals surface area contributed by atoms with Gasteiger partial charge in [-0.15, -0.1) is 0 Å². The van der Waals surface area contributed by atoms with Crippen LogP contribution in [-0.4, -0.2) is 29.9 Å². The molecule has 0 radical (unpaired) electrons. The van der Waals surface area contributed by atoms with Crippen LogP contribution in [0, 0.1) is 0 Å². The minimum atomic E-state index is -0.363. The van der Waals surface area contributed by atoms with Gasteiger partial charge in [0.1, 0.15) is 0 Å². The predicted octanol–water partition coefficient (Wildman–Crippen LogP) is 0.436. The lowest BCUT2D eigenvalue weighted by atomic mass is 10.2. The number of hydrogen-bond donors (Lipinski definition) is 2. The van der Waals surface area contributed by atoms with Crippen molar-refractivity contribution in [3.8, 4) is 11.4 Å². The Morgan fingerprint density at radius 2 is 2.37 bits per heavy atom. The molecule has 0 saturated carbocycles. The molecule has 0 fully saturated rings. The van der Waals surface area contributed by atoms with Gasteiger partial charge in [-0.25, -0.2) is 4.98 Å². The smallest absolute Gasteiger partial charge is 0.244 e. The summed E-state index contributed by atoms with van der Waals surface area (Å²) in [5.74, 6) is 0.886. The van der Waals surface area contributed by atoms with Gasteiger partial charge in [0, 0.05) is 31.6 Å². The van der Waals surface area contributed by atoms with Crippen molar-refractivity contribution in [3.63, 3.8) is 0 Å². The Balaban J connectivity index is 1.77. The number of nitrogens with one attached hydrogen (secondary N) is 1. The van der Waals surface area contributed by atoms with E-state index in [2.05, 4.69) is 25.2 Å². The van der Waals surface area contributed by atoms with Crippen LogP contribution in [0.25, 0.3) is 11.4 Å². The van der Waals surface area contributed by atoms with Gasteiger partial charge in [-0.1, -0.05) is 5.16 Å². The summed E-state index contributed by atoms with van der Waals surface area (Å²) >= 11 is 0. The van der Waals surface area contributed by atoms with Crippen LogP contribution in [0.2, 0.25) is 0 Å². The van der Waals surface area contributed by atoms with E-state index >= 15 is 0 Å². The van der Waals surface area contributed by atoms with Gasteiger partial charge in [0.2, 0.25) is 11.7 Å². The van der Waals surface area contributed by atoms with Crippen LogP contribution in [0.1, 0.15) is 17.6 Å². The Hall–Kier alpha value is -2.48. The number of nitrogens with zero attached hydrogens (tertiary/aromatic N) is 5. The molecule has 3 aromatic heterocycles. The normalized spacial score (nSPS) is 12.7. The maximum Gasteiger partial charge on any atom is 0.244 e. The first-order valence-electron chi connectivity index (χ1n) is 5.78. The average molecular weight is 259 g/mol. The third-order valence-electron chi connectivity index (χ3n) is 2.72. The maximum absolute atomic E-state index is 6.02. The van der Waals surface area contributed by atoms with Crippen molar-refractivity contribution in [1.82, 2.24) is 29.9 Å². The highest BCUT2D eigenvalue weighted by atomic mass is 16.5. The highest BCUT2D eigenvalue weighted by molar-refractivity contribution is 5.51. The third kappa shape index (κ3) is 2.38. The molecule has 98 valence electrons. The SMILES string of the molecule is Cn1cc(-c2noc([C@@H](N)Cc3cnc[nH]3)n2)cn1. The molecule has 3 aromatic rings. The maximum atomic E-state index is 6.02. The quantitative estimate of drug-likeness (QED) is 0.703. The van der Waals surface area contributed by atoms with Crippen molar-refractivity contribution in [2.45, 2.75) is 12.5 Å². The monoisotopic (exact) mass is 259 g/mol. The van der Waals surface area contributed by atoms with E-state index < -0.39 is 0 Å². The number of nitrogens with two attached hydrogens (primary N) is 1. The van der Waals surface area contributed by atoms with Gasteiger partial charge in [-0.05, 0) is 0 Å². The minimum absolute atomic E-state index is 0.363. The van der Waals surface area contributed by atoms with Crippen molar-refractivity contribution in [3.05, 3.63) is 36.5 Å². The molecule has 0 aliphatic heterocycles. The van der Waals surface area contributed by atoms with Gasteiger partial charge in [0.25, 0.3) is 0 Å². The summed E-state index contributed by atoms with van der Waals surface area (Å²) in [4.78, 5) is 11.2. The standard InChI is InChI=1S/C11H13N7O/c1-18-5-7(3-15-18)10-16-11(19-17-10)9(12)2-8-4-13-6-14-8/h3-6,9H,2,12H2,1H3,(H,13,14)/t9-/m0/s1. The molecule has 3 heterocycles. The van der Waals surface area contributed by atoms with E-state index in [-0.39, 0.29) is 6.04 Å². The first-order valence-corrected chi connectivity index (χ1v) is 5.78. The second-order valence-corrected chi connectivity index (χ2v) is 4.25. The fourth-order valence-corrected chi connectivity index (χ4v) is 1.76. The Morgan fingerprint density at radius 1 is 1.47 bits per heavy atom.